The van der Waals surface area contributed by atoms with Gasteiger partial charge in [-0.05, 0) is 43.0 Å². The van der Waals surface area contributed by atoms with Crippen molar-refractivity contribution in [3.05, 3.63) is 29.3 Å². The van der Waals surface area contributed by atoms with E-state index in [0.717, 1.165) is 24.6 Å². The van der Waals surface area contributed by atoms with Gasteiger partial charge in [-0.1, -0.05) is 0 Å². The summed E-state index contributed by atoms with van der Waals surface area (Å²) in [5, 5.41) is 3.15. The molecule has 1 aliphatic rings. The second-order valence-electron chi connectivity index (χ2n) is 4.22. The fourth-order valence-corrected chi connectivity index (χ4v) is 2.19. The van der Waals surface area contributed by atoms with Crippen molar-refractivity contribution in [2.45, 2.75) is 30.8 Å². The van der Waals surface area contributed by atoms with Crippen LogP contribution in [0.25, 0.3) is 0 Å². The minimum Gasteiger partial charge on any atom is -0.385 e. The molecule has 2 rings (SSSR count). The van der Waals surface area contributed by atoms with E-state index in [2.05, 4.69) is 5.32 Å². The highest BCUT2D eigenvalue weighted by Gasteiger charge is 2.31. The van der Waals surface area contributed by atoms with Crippen molar-refractivity contribution < 1.29 is 13.2 Å². The first-order valence-corrected chi connectivity index (χ1v) is 5.98. The summed E-state index contributed by atoms with van der Waals surface area (Å²) in [6.07, 6.45) is -2.14. The third-order valence-electron chi connectivity index (χ3n) is 2.93. The van der Waals surface area contributed by atoms with Gasteiger partial charge < -0.3 is 5.32 Å². The summed E-state index contributed by atoms with van der Waals surface area (Å²) in [5.74, 6) is 0. The van der Waals surface area contributed by atoms with Crippen LogP contribution >= 0.6 is 11.6 Å². The summed E-state index contributed by atoms with van der Waals surface area (Å²) in [5.41, 5.74) is 0.900. The van der Waals surface area contributed by atoms with Crippen LogP contribution in [0.3, 0.4) is 0 Å². The molecule has 0 radical (unpaired) electrons. The zero-order valence-corrected chi connectivity index (χ0v) is 9.91. The van der Waals surface area contributed by atoms with Crippen molar-refractivity contribution in [1.29, 1.82) is 0 Å². The van der Waals surface area contributed by atoms with Crippen molar-refractivity contribution >= 4 is 17.3 Å². The summed E-state index contributed by atoms with van der Waals surface area (Å²) >= 11 is 6.03. The Morgan fingerprint density at radius 1 is 1.24 bits per heavy atom. The summed E-state index contributed by atoms with van der Waals surface area (Å²) in [6.45, 7) is 0.701. The lowest BCUT2D eigenvalue weighted by Crippen LogP contribution is -2.16. The van der Waals surface area contributed by atoms with Crippen molar-refractivity contribution in [1.82, 2.24) is 0 Å². The van der Waals surface area contributed by atoms with Gasteiger partial charge in [-0.2, -0.15) is 13.2 Å². The Bertz CT molecular complexity index is 403. The molecule has 0 bridgehead atoms. The molecule has 0 aromatic heterocycles. The van der Waals surface area contributed by atoms with E-state index in [1.165, 1.54) is 12.1 Å². The number of rotatable bonds is 0. The Kier molecular flexibility index (Phi) is 3.52. The second kappa shape index (κ2) is 4.77. The zero-order valence-electron chi connectivity index (χ0n) is 9.15. The first-order valence-electron chi connectivity index (χ1n) is 5.55. The zero-order chi connectivity index (χ0) is 12.5. The topological polar surface area (TPSA) is 12.0 Å². The number of hydrogen-bond acceptors (Lipinski definition) is 1. The van der Waals surface area contributed by atoms with Crippen LogP contribution in [-0.2, 0) is 12.6 Å². The molecule has 17 heavy (non-hydrogen) atoms. The van der Waals surface area contributed by atoms with Gasteiger partial charge in [-0.25, -0.2) is 0 Å². The minimum atomic E-state index is -4.28. The van der Waals surface area contributed by atoms with Crippen molar-refractivity contribution in [2.75, 3.05) is 11.9 Å². The summed E-state index contributed by atoms with van der Waals surface area (Å²) in [4.78, 5) is 0. The number of aryl methyl sites for hydroxylation is 1. The Hall–Kier alpha value is -0.900. The number of alkyl halides is 4. The van der Waals surface area contributed by atoms with Crippen LogP contribution in [0.2, 0.25) is 0 Å². The Morgan fingerprint density at radius 2 is 2.00 bits per heavy atom. The molecule has 5 heteroatoms. The van der Waals surface area contributed by atoms with E-state index in [0.29, 0.717) is 18.5 Å². The molecule has 94 valence electrons. The fraction of sp³-hybridized carbons (Fsp3) is 0.500. The van der Waals surface area contributed by atoms with Crippen LogP contribution in [0.15, 0.2) is 18.2 Å². The molecular formula is C12H13ClF3N. The minimum absolute atomic E-state index is 0.0326. The van der Waals surface area contributed by atoms with Crippen LogP contribution in [0, 0.1) is 0 Å². The molecule has 1 aromatic rings. The molecule has 1 nitrogen and oxygen atoms in total. The van der Waals surface area contributed by atoms with Gasteiger partial charge in [-0.15, -0.1) is 11.6 Å². The standard InChI is InChI=1S/C12H13ClF3N/c13-10-3-1-8-7-9(12(14,15)16)2-4-11(8)17-6-5-10/h2,4,7,10,17H,1,3,5-6H2/t10-/m0/s1. The van der Waals surface area contributed by atoms with Crippen molar-refractivity contribution in [3.63, 3.8) is 0 Å². The smallest absolute Gasteiger partial charge is 0.385 e. The fourth-order valence-electron chi connectivity index (χ4n) is 1.97. The first-order chi connectivity index (χ1) is 7.97. The molecular weight excluding hydrogens is 251 g/mol. The van der Waals surface area contributed by atoms with E-state index < -0.39 is 11.7 Å². The number of hydrogen-bond donors (Lipinski definition) is 1. The van der Waals surface area contributed by atoms with E-state index in [9.17, 15) is 13.2 Å². The van der Waals surface area contributed by atoms with E-state index in [1.54, 1.807) is 0 Å². The summed E-state index contributed by atoms with van der Waals surface area (Å²) in [7, 11) is 0. The van der Waals surface area contributed by atoms with Crippen LogP contribution in [0.4, 0.5) is 18.9 Å². The van der Waals surface area contributed by atoms with Gasteiger partial charge in [0.25, 0.3) is 0 Å². The number of nitrogens with one attached hydrogen (secondary N) is 1. The van der Waals surface area contributed by atoms with Crippen LogP contribution in [0.1, 0.15) is 24.0 Å². The van der Waals surface area contributed by atoms with Gasteiger partial charge in [0.15, 0.2) is 0 Å². The highest BCUT2D eigenvalue weighted by molar-refractivity contribution is 6.20. The first kappa shape index (κ1) is 12.6. The molecule has 1 atom stereocenters. The highest BCUT2D eigenvalue weighted by atomic mass is 35.5. The molecule has 0 saturated carbocycles. The molecule has 0 spiro atoms. The third kappa shape index (κ3) is 3.06. The lowest BCUT2D eigenvalue weighted by atomic mass is 10.00. The van der Waals surface area contributed by atoms with E-state index in [1.807, 2.05) is 0 Å². The number of anilines is 1. The van der Waals surface area contributed by atoms with Gasteiger partial charge >= 0.3 is 6.18 Å². The quantitative estimate of drug-likeness (QED) is 0.696. The van der Waals surface area contributed by atoms with Gasteiger partial charge in [0, 0.05) is 17.6 Å². The van der Waals surface area contributed by atoms with Crippen LogP contribution in [-0.4, -0.2) is 11.9 Å². The molecule has 1 aromatic carbocycles. The maximum atomic E-state index is 12.6. The predicted molar refractivity (Wildman–Crippen MR) is 62.5 cm³/mol. The maximum absolute atomic E-state index is 12.6. The highest BCUT2D eigenvalue weighted by Crippen LogP contribution is 2.33. The Balaban J connectivity index is 2.30. The van der Waals surface area contributed by atoms with Gasteiger partial charge in [0.1, 0.15) is 0 Å². The Labute approximate surface area is 103 Å². The average molecular weight is 264 g/mol. The SMILES string of the molecule is FC(F)(F)c1ccc2c(c1)CC[C@H](Cl)CCN2. The third-order valence-corrected chi connectivity index (χ3v) is 3.37. The van der Waals surface area contributed by atoms with E-state index in [4.69, 9.17) is 11.6 Å². The lowest BCUT2D eigenvalue weighted by molar-refractivity contribution is -0.137. The molecule has 0 unspecified atom stereocenters. The normalized spacial score (nSPS) is 21.1. The maximum Gasteiger partial charge on any atom is 0.416 e. The molecule has 0 amide bonds. The average Bonchev–Trinajstić information content (AvgIpc) is 2.23. The summed E-state index contributed by atoms with van der Waals surface area (Å²) < 4.78 is 37.7. The number of fused-ring (bicyclic) bond motifs is 1. The summed E-state index contributed by atoms with van der Waals surface area (Å²) in [6, 6.07) is 3.84. The predicted octanol–water partition coefficient (Wildman–Crippen LogP) is 4.06. The van der Waals surface area contributed by atoms with Crippen molar-refractivity contribution in [3.8, 4) is 0 Å². The van der Waals surface area contributed by atoms with Gasteiger partial charge in [0.2, 0.25) is 0 Å². The molecule has 1 N–H and O–H groups in total. The molecule has 0 saturated heterocycles. The van der Waals surface area contributed by atoms with E-state index in [-0.39, 0.29) is 5.38 Å². The molecule has 0 fully saturated rings. The van der Waals surface area contributed by atoms with Crippen LogP contribution in [0.5, 0.6) is 0 Å². The number of halogens is 4. The van der Waals surface area contributed by atoms with Gasteiger partial charge in [-0.3, -0.25) is 0 Å². The molecule has 0 aliphatic carbocycles. The van der Waals surface area contributed by atoms with Gasteiger partial charge in [0.05, 0.1) is 5.56 Å². The second-order valence-corrected chi connectivity index (χ2v) is 4.84. The van der Waals surface area contributed by atoms with Crippen LogP contribution < -0.4 is 5.32 Å². The molecule has 1 aliphatic heterocycles. The van der Waals surface area contributed by atoms with Crippen molar-refractivity contribution in [2.24, 2.45) is 0 Å². The number of benzene rings is 1. The Morgan fingerprint density at radius 3 is 2.71 bits per heavy atom. The largest absolute Gasteiger partial charge is 0.416 e. The monoisotopic (exact) mass is 263 g/mol. The lowest BCUT2D eigenvalue weighted by Gasteiger charge is -2.20. The van der Waals surface area contributed by atoms with E-state index >= 15 is 0 Å². The molecule has 1 heterocycles.